The molecule has 0 radical (unpaired) electrons. The molecule has 1 saturated carbocycles. The third kappa shape index (κ3) is 3.40. The predicted molar refractivity (Wildman–Crippen MR) is 86.4 cm³/mol. The Morgan fingerprint density at radius 3 is 2.58 bits per heavy atom. The number of nitrogens with one attached hydrogen (secondary N) is 1. The van der Waals surface area contributed by atoms with Crippen LogP contribution in [-0.4, -0.2) is 12.6 Å². The highest BCUT2D eigenvalue weighted by atomic mass is 19.1. The van der Waals surface area contributed by atoms with E-state index in [0.29, 0.717) is 5.56 Å². The van der Waals surface area contributed by atoms with E-state index in [2.05, 4.69) is 5.32 Å². The summed E-state index contributed by atoms with van der Waals surface area (Å²) in [4.78, 5) is 11.9. The highest BCUT2D eigenvalue weighted by molar-refractivity contribution is 5.67. The number of alkyl carbamates (subject to hydrolysis) is 1. The highest BCUT2D eigenvalue weighted by Gasteiger charge is 2.53. The third-order valence-electron chi connectivity index (χ3n) is 4.68. The smallest absolute Gasteiger partial charge is 0.407 e. The fraction of sp³-hybridized carbons (Fsp3) is 0.316. The lowest BCUT2D eigenvalue weighted by atomic mass is 9.93. The van der Waals surface area contributed by atoms with Crippen LogP contribution in [0.2, 0.25) is 0 Å². The zero-order chi connectivity index (χ0) is 17.2. The summed E-state index contributed by atoms with van der Waals surface area (Å²) in [6, 6.07) is 13.0. The van der Waals surface area contributed by atoms with E-state index >= 15 is 0 Å². The van der Waals surface area contributed by atoms with Crippen molar-refractivity contribution >= 4 is 6.09 Å². The average Bonchev–Trinajstić information content (AvgIpc) is 3.23. The topological polar surface area (TPSA) is 38.3 Å². The standard InChI is InChI=1S/C19H19F2NO2/c1-13-10-19(13,16-8-7-15(20)9-17(16)21)12-22-18(23)24-11-14-5-3-2-4-6-14/h2-9,13H,10-12H2,1H3,(H,22,23). The number of ether oxygens (including phenoxy) is 1. The fourth-order valence-corrected chi connectivity index (χ4v) is 3.10. The Morgan fingerprint density at radius 1 is 1.25 bits per heavy atom. The summed E-state index contributed by atoms with van der Waals surface area (Å²) in [5.74, 6) is -0.958. The number of rotatable bonds is 5. The van der Waals surface area contributed by atoms with Crippen molar-refractivity contribution in [3.8, 4) is 0 Å². The summed E-state index contributed by atoms with van der Waals surface area (Å²) in [7, 11) is 0. The molecule has 0 spiro atoms. The molecule has 2 aromatic rings. The first kappa shape index (κ1) is 16.4. The van der Waals surface area contributed by atoms with Crippen LogP contribution >= 0.6 is 0 Å². The summed E-state index contributed by atoms with van der Waals surface area (Å²) in [6.45, 7) is 2.43. The van der Waals surface area contributed by atoms with Crippen LogP contribution < -0.4 is 5.32 Å². The van der Waals surface area contributed by atoms with Gasteiger partial charge in [-0.3, -0.25) is 0 Å². The first-order valence-corrected chi connectivity index (χ1v) is 7.91. The monoisotopic (exact) mass is 331 g/mol. The molecule has 2 unspecified atom stereocenters. The van der Waals surface area contributed by atoms with Crippen LogP contribution in [0.1, 0.15) is 24.5 Å². The molecule has 0 bridgehead atoms. The first-order valence-electron chi connectivity index (χ1n) is 7.91. The second-order valence-corrected chi connectivity index (χ2v) is 6.30. The van der Waals surface area contributed by atoms with Gasteiger partial charge >= 0.3 is 6.09 Å². The van der Waals surface area contributed by atoms with E-state index in [9.17, 15) is 13.6 Å². The van der Waals surface area contributed by atoms with Crippen molar-refractivity contribution in [3.63, 3.8) is 0 Å². The number of amides is 1. The van der Waals surface area contributed by atoms with Crippen LogP contribution in [0.5, 0.6) is 0 Å². The number of halogens is 2. The van der Waals surface area contributed by atoms with Crippen LogP contribution in [0, 0.1) is 17.6 Å². The third-order valence-corrected chi connectivity index (χ3v) is 4.68. The molecule has 2 aromatic carbocycles. The molecule has 3 rings (SSSR count). The van der Waals surface area contributed by atoms with Crippen molar-refractivity contribution < 1.29 is 18.3 Å². The largest absolute Gasteiger partial charge is 0.445 e. The van der Waals surface area contributed by atoms with E-state index in [-0.39, 0.29) is 19.1 Å². The van der Waals surface area contributed by atoms with Crippen molar-refractivity contribution in [1.29, 1.82) is 0 Å². The second kappa shape index (κ2) is 6.59. The Morgan fingerprint density at radius 2 is 1.96 bits per heavy atom. The minimum absolute atomic E-state index is 0.181. The molecule has 24 heavy (non-hydrogen) atoms. The summed E-state index contributed by atoms with van der Waals surface area (Å²) in [6.07, 6.45) is 0.203. The SMILES string of the molecule is CC1CC1(CNC(=O)OCc1ccccc1)c1ccc(F)cc1F. The molecule has 0 heterocycles. The van der Waals surface area contributed by atoms with Gasteiger partial charge in [0.25, 0.3) is 0 Å². The van der Waals surface area contributed by atoms with Crippen LogP contribution in [0.15, 0.2) is 48.5 Å². The molecule has 3 nitrogen and oxygen atoms in total. The molecule has 0 saturated heterocycles. The van der Waals surface area contributed by atoms with Crippen molar-refractivity contribution in [2.75, 3.05) is 6.54 Å². The summed E-state index contributed by atoms with van der Waals surface area (Å²) in [5, 5.41) is 2.70. The highest BCUT2D eigenvalue weighted by Crippen LogP contribution is 2.54. The van der Waals surface area contributed by atoms with Gasteiger partial charge in [-0.2, -0.15) is 0 Å². The van der Waals surface area contributed by atoms with Gasteiger partial charge < -0.3 is 10.1 Å². The van der Waals surface area contributed by atoms with Crippen LogP contribution in [-0.2, 0) is 16.8 Å². The molecule has 2 atom stereocenters. The van der Waals surface area contributed by atoms with Gasteiger partial charge in [0.05, 0.1) is 0 Å². The number of hydrogen-bond donors (Lipinski definition) is 1. The lowest BCUT2D eigenvalue weighted by molar-refractivity contribution is 0.138. The molecular formula is C19H19F2NO2. The molecule has 5 heteroatoms. The minimum Gasteiger partial charge on any atom is -0.445 e. The number of hydrogen-bond acceptors (Lipinski definition) is 2. The van der Waals surface area contributed by atoms with Crippen LogP contribution in [0.25, 0.3) is 0 Å². The summed E-state index contributed by atoms with van der Waals surface area (Å²) in [5.41, 5.74) is 0.857. The van der Waals surface area contributed by atoms with Crippen LogP contribution in [0.3, 0.4) is 0 Å². The van der Waals surface area contributed by atoms with E-state index in [1.807, 2.05) is 37.3 Å². The molecule has 126 valence electrons. The van der Waals surface area contributed by atoms with Gasteiger partial charge in [-0.25, -0.2) is 13.6 Å². The van der Waals surface area contributed by atoms with Crippen molar-refractivity contribution in [3.05, 3.63) is 71.3 Å². The Kier molecular flexibility index (Phi) is 4.51. The number of benzene rings is 2. The zero-order valence-corrected chi connectivity index (χ0v) is 13.4. The van der Waals surface area contributed by atoms with E-state index in [1.165, 1.54) is 12.1 Å². The molecule has 1 N–H and O–H groups in total. The molecule has 0 aliphatic heterocycles. The van der Waals surface area contributed by atoms with Crippen molar-refractivity contribution in [2.24, 2.45) is 5.92 Å². The van der Waals surface area contributed by atoms with Crippen molar-refractivity contribution in [1.82, 2.24) is 5.32 Å². The van der Waals surface area contributed by atoms with Gasteiger partial charge in [0.2, 0.25) is 0 Å². The molecule has 1 aliphatic carbocycles. The Bertz CT molecular complexity index is 735. The first-order chi connectivity index (χ1) is 11.5. The fourth-order valence-electron chi connectivity index (χ4n) is 3.10. The van der Waals surface area contributed by atoms with Gasteiger partial charge in [-0.1, -0.05) is 43.3 Å². The van der Waals surface area contributed by atoms with Gasteiger partial charge in [-0.15, -0.1) is 0 Å². The van der Waals surface area contributed by atoms with Crippen LogP contribution in [0.4, 0.5) is 13.6 Å². The van der Waals surface area contributed by atoms with E-state index in [1.54, 1.807) is 0 Å². The van der Waals surface area contributed by atoms with Gasteiger partial charge in [0, 0.05) is 18.0 Å². The predicted octanol–water partition coefficient (Wildman–Crippen LogP) is 4.17. The van der Waals surface area contributed by atoms with E-state index in [0.717, 1.165) is 18.1 Å². The number of carbonyl (C=O) groups excluding carboxylic acids is 1. The second-order valence-electron chi connectivity index (χ2n) is 6.30. The van der Waals surface area contributed by atoms with Gasteiger partial charge in [0.1, 0.15) is 18.2 Å². The lowest BCUT2D eigenvalue weighted by Gasteiger charge is -2.19. The number of carbonyl (C=O) groups is 1. The lowest BCUT2D eigenvalue weighted by Crippen LogP contribution is -2.34. The van der Waals surface area contributed by atoms with Gasteiger partial charge in [-0.05, 0) is 29.5 Å². The summed E-state index contributed by atoms with van der Waals surface area (Å²) < 4.78 is 32.3. The normalized spacial score (nSPS) is 22.0. The maximum atomic E-state index is 14.1. The Balaban J connectivity index is 1.59. The van der Waals surface area contributed by atoms with E-state index in [4.69, 9.17) is 4.74 Å². The quantitative estimate of drug-likeness (QED) is 0.893. The molecule has 1 amide bonds. The average molecular weight is 331 g/mol. The maximum Gasteiger partial charge on any atom is 0.407 e. The molecule has 1 aliphatic rings. The Hall–Kier alpha value is -2.43. The van der Waals surface area contributed by atoms with Crippen molar-refractivity contribution in [2.45, 2.75) is 25.4 Å². The minimum atomic E-state index is -0.602. The zero-order valence-electron chi connectivity index (χ0n) is 13.4. The molecular weight excluding hydrogens is 312 g/mol. The maximum absolute atomic E-state index is 14.1. The molecule has 1 fully saturated rings. The van der Waals surface area contributed by atoms with Gasteiger partial charge in [0.15, 0.2) is 0 Å². The van der Waals surface area contributed by atoms with E-state index < -0.39 is 23.1 Å². The summed E-state index contributed by atoms with van der Waals surface area (Å²) >= 11 is 0. The Labute approximate surface area is 139 Å². The molecule has 0 aromatic heterocycles.